The number of anilines is 2. The van der Waals surface area contributed by atoms with Crippen LogP contribution in [0.3, 0.4) is 0 Å². The van der Waals surface area contributed by atoms with Crippen LogP contribution in [0.15, 0.2) is 72.8 Å². The number of nitrogens with one attached hydrogen (secondary N) is 8. The van der Waals surface area contributed by atoms with E-state index in [1.807, 2.05) is 0 Å². The number of alkyl halides is 4. The lowest BCUT2D eigenvalue weighted by atomic mass is 10.1. The summed E-state index contributed by atoms with van der Waals surface area (Å²) in [6, 6.07) is 9.81. The molecule has 0 bridgehead atoms. The number of carbonyl (C=O) groups is 14. The molecule has 0 aliphatic carbocycles. The highest BCUT2D eigenvalue weighted by Crippen LogP contribution is 2.34. The number of hydrogen-bond acceptors (Lipinski definition) is 25. The lowest BCUT2D eigenvalue weighted by Gasteiger charge is -2.35. The summed E-state index contributed by atoms with van der Waals surface area (Å²) in [6.45, 7) is -4.38. The Morgan fingerprint density at radius 1 is 0.543 bits per heavy atom. The molecule has 626 valence electrons. The van der Waals surface area contributed by atoms with Crippen molar-refractivity contribution >= 4 is 116 Å². The van der Waals surface area contributed by atoms with E-state index in [-0.39, 0.29) is 186 Å². The second kappa shape index (κ2) is 43.8. The topological polar surface area (TPSA) is 564 Å². The van der Waals surface area contributed by atoms with Crippen LogP contribution in [0.4, 0.5) is 28.9 Å². The molecule has 0 saturated carbocycles. The number of fused-ring (bicyclic) bond motifs is 2. The molecule has 0 radical (unpaired) electrons. The number of carboxylic acids is 4. The van der Waals surface area contributed by atoms with Gasteiger partial charge in [0.25, 0.3) is 23.7 Å². The van der Waals surface area contributed by atoms with Crippen LogP contribution in [-0.4, -0.2) is 308 Å². The molecule has 3 saturated heterocycles. The number of nitrogens with zero attached hydrogens (tertiary/aromatic N) is 11. The SMILES string of the molecule is N#C[C@@H]1CC(F)(F)CN1C(=O)CNC(=O)c1ccnc2c(NC(=O)CCC(=O)NC/C(N)=C/N(N)CCCC[C@H](NC(=O)CCC(=O)Nc3cccc4c(C(=O)NCC(=O)N5CC(F)(F)C[C@H]5C#N)ccnc34)C(=O)NCCNC(=O)CCCC(C(=O)O)N3CCN(CC(=O)O)CCN(CC(=O)O)CCN(CC(=O)O)CC3)cccc12. The van der Waals surface area contributed by atoms with Gasteiger partial charge in [0.1, 0.15) is 24.2 Å². The molecule has 0 spiro atoms. The quantitative estimate of drug-likeness (QED) is 0.0110. The van der Waals surface area contributed by atoms with E-state index < -0.39 is 184 Å². The number of nitriles is 2. The summed E-state index contributed by atoms with van der Waals surface area (Å²) in [6.07, 6.45) is 0.950. The number of para-hydroxylation sites is 2. The molecule has 7 rings (SSSR count). The van der Waals surface area contributed by atoms with Crippen LogP contribution in [0, 0.1) is 22.7 Å². The molecule has 10 amide bonds. The molecule has 39 nitrogen and oxygen atoms in total. The number of benzene rings is 2. The molecule has 2 aromatic carbocycles. The van der Waals surface area contributed by atoms with Crippen molar-refractivity contribution in [3.05, 3.63) is 83.9 Å². The molecule has 3 fully saturated rings. The predicted octanol–water partition coefficient (Wildman–Crippen LogP) is -1.02. The Balaban J connectivity index is 0.907. The summed E-state index contributed by atoms with van der Waals surface area (Å²) in [4.78, 5) is 197. The van der Waals surface area contributed by atoms with Gasteiger partial charge in [0, 0.05) is 152 Å². The fraction of sp³-hybridized carbons (Fsp3) is 0.507. The van der Waals surface area contributed by atoms with E-state index in [4.69, 9.17) is 11.6 Å². The number of likely N-dealkylation sites (tertiary alicyclic amines) is 2. The van der Waals surface area contributed by atoms with Crippen LogP contribution >= 0.6 is 0 Å². The molecule has 43 heteroatoms. The molecule has 3 aliphatic rings. The summed E-state index contributed by atoms with van der Waals surface area (Å²) in [5, 5.41) is 80.1. The Morgan fingerprint density at radius 2 is 0.983 bits per heavy atom. The maximum absolute atomic E-state index is 14.0. The van der Waals surface area contributed by atoms with Crippen molar-refractivity contribution in [2.24, 2.45) is 11.6 Å². The highest BCUT2D eigenvalue weighted by atomic mass is 19.3. The first-order chi connectivity index (χ1) is 55.1. The van der Waals surface area contributed by atoms with Gasteiger partial charge in [-0.25, -0.2) is 23.4 Å². The zero-order valence-electron chi connectivity index (χ0n) is 63.2. The highest BCUT2D eigenvalue weighted by molar-refractivity contribution is 6.12. The van der Waals surface area contributed by atoms with Crippen LogP contribution in [0.1, 0.15) is 97.8 Å². The zero-order chi connectivity index (χ0) is 84.8. The van der Waals surface area contributed by atoms with Gasteiger partial charge in [0.2, 0.25) is 47.3 Å². The lowest BCUT2D eigenvalue weighted by molar-refractivity contribution is -0.145. The van der Waals surface area contributed by atoms with Gasteiger partial charge in [-0.1, -0.05) is 24.3 Å². The Morgan fingerprint density at radius 3 is 1.44 bits per heavy atom. The Bertz CT molecular complexity index is 4360. The third-order valence-electron chi connectivity index (χ3n) is 19.0. The fourth-order valence-corrected chi connectivity index (χ4v) is 13.1. The lowest BCUT2D eigenvalue weighted by Crippen LogP contribution is -2.51. The van der Waals surface area contributed by atoms with E-state index in [1.165, 1.54) is 72.1 Å². The van der Waals surface area contributed by atoms with Gasteiger partial charge in [-0.3, -0.25) is 96.7 Å². The van der Waals surface area contributed by atoms with Crippen molar-refractivity contribution in [1.82, 2.24) is 76.3 Å². The number of carboxylic acid groups (broad SMARTS) is 4. The van der Waals surface area contributed by atoms with E-state index in [2.05, 4.69) is 52.5 Å². The number of hydrogen-bond donors (Lipinski definition) is 14. The van der Waals surface area contributed by atoms with Crippen molar-refractivity contribution in [2.45, 2.75) is 113 Å². The second-order valence-electron chi connectivity index (χ2n) is 27.8. The highest BCUT2D eigenvalue weighted by Gasteiger charge is 2.48. The van der Waals surface area contributed by atoms with Crippen molar-refractivity contribution in [3.8, 4) is 12.1 Å². The number of halogens is 4. The van der Waals surface area contributed by atoms with Crippen molar-refractivity contribution < 1.29 is 105 Å². The van der Waals surface area contributed by atoms with Gasteiger partial charge in [-0.15, -0.1) is 0 Å². The van der Waals surface area contributed by atoms with Gasteiger partial charge in [-0.2, -0.15) is 10.5 Å². The first kappa shape index (κ1) is 90.9. The number of nitrogens with two attached hydrogens (primary N) is 2. The zero-order valence-corrected chi connectivity index (χ0v) is 63.2. The number of hydrazine groups is 1. The summed E-state index contributed by atoms with van der Waals surface area (Å²) >= 11 is 0. The fourth-order valence-electron chi connectivity index (χ4n) is 13.1. The van der Waals surface area contributed by atoms with Crippen molar-refractivity contribution in [3.63, 3.8) is 0 Å². The molecule has 1 unspecified atom stereocenters. The molecule has 4 atom stereocenters. The third kappa shape index (κ3) is 29.0. The monoisotopic (exact) mass is 1630 g/mol. The minimum atomic E-state index is -3.28. The van der Waals surface area contributed by atoms with Crippen LogP contribution in [-0.2, 0) is 57.5 Å². The Labute approximate surface area is 661 Å². The molecular formula is C73H93F4N21O18. The number of carbonyl (C=O) groups excluding carboxylic acids is 10. The van der Waals surface area contributed by atoms with Crippen molar-refractivity contribution in [1.29, 1.82) is 10.5 Å². The van der Waals surface area contributed by atoms with Crippen LogP contribution in [0.5, 0.6) is 0 Å². The molecule has 4 aromatic rings. The van der Waals surface area contributed by atoms with Crippen LogP contribution in [0.2, 0.25) is 0 Å². The summed E-state index contributed by atoms with van der Waals surface area (Å²) in [7, 11) is 0. The molecular weight excluding hydrogens is 1530 g/mol. The number of unbranched alkanes of at least 4 members (excludes halogenated alkanes) is 1. The van der Waals surface area contributed by atoms with Gasteiger partial charge >= 0.3 is 23.9 Å². The standard InChI is InChI=1S/C73H93F4N21O18/c74-72(75)32-46(34-78)97(43-72)61(104)37-87-68(112)50-17-19-83-66-48(50)6-3-9-52(66)89-58(101)14-13-57(100)86-36-45(80)39-96(81)23-2-1-8-54(91-60(103)16-15-59(102)90-53-10-4-7-49-51(18-20-84-67(49)53)69(113)88-38-62(105)98-44-73(76,77)33-47(98)35-79)70(114)85-22-21-82-56(99)12-5-11-55(71(115)116)95-30-28-93(41-64(108)109)26-24-92(40-63(106)107)25-27-94(29-31-95)42-65(110)111/h3-4,6-7,9-10,17-20,39,46-47,54-55H,1-2,5,8,11-16,21-33,36-38,40-44,80-81H2,(H,82,99)(H,85,114)(H,86,100)(H,87,112)(H,88,113)(H,89,101)(H,90,102)(H,91,103)(H,106,107)(H,108,109)(H,110,111)(H,115,116)/b45-39-/t46-,47-,54-,55?/m0/s1. The average Bonchev–Trinajstić information content (AvgIpc) is 0.984. The van der Waals surface area contributed by atoms with Crippen LogP contribution < -0.4 is 54.1 Å². The third-order valence-corrected chi connectivity index (χ3v) is 19.0. The van der Waals surface area contributed by atoms with E-state index in [1.54, 1.807) is 31.7 Å². The molecule has 16 N–H and O–H groups in total. The van der Waals surface area contributed by atoms with Crippen molar-refractivity contribution in [2.75, 3.05) is 135 Å². The minimum absolute atomic E-state index is 0.00608. The number of aromatic nitrogens is 2. The first-order valence-electron chi connectivity index (χ1n) is 37.0. The smallest absolute Gasteiger partial charge is 0.320 e. The average molecular weight is 1630 g/mol. The van der Waals surface area contributed by atoms with E-state index in [0.29, 0.717) is 9.80 Å². The number of aliphatic carboxylic acids is 4. The van der Waals surface area contributed by atoms with Gasteiger partial charge < -0.3 is 83.5 Å². The minimum Gasteiger partial charge on any atom is -0.480 e. The molecule has 3 aliphatic heterocycles. The maximum Gasteiger partial charge on any atom is 0.320 e. The van der Waals surface area contributed by atoms with Gasteiger partial charge in [0.15, 0.2) is 0 Å². The number of rotatable bonds is 39. The first-order valence-corrected chi connectivity index (χ1v) is 37.0. The number of amides is 10. The maximum atomic E-state index is 14.0. The summed E-state index contributed by atoms with van der Waals surface area (Å²) in [5.41, 5.74) is 6.87. The second-order valence-corrected chi connectivity index (χ2v) is 27.8. The van der Waals surface area contributed by atoms with Gasteiger partial charge in [0.05, 0.1) is 98.0 Å². The Kier molecular flexibility index (Phi) is 34.3. The van der Waals surface area contributed by atoms with E-state index in [9.17, 15) is 116 Å². The van der Waals surface area contributed by atoms with E-state index >= 15 is 0 Å². The predicted molar refractivity (Wildman–Crippen MR) is 402 cm³/mol. The number of pyridine rings is 2. The van der Waals surface area contributed by atoms with Crippen LogP contribution in [0.25, 0.3) is 21.8 Å². The van der Waals surface area contributed by atoms with E-state index in [0.717, 1.165) is 0 Å². The molecule has 116 heavy (non-hydrogen) atoms. The summed E-state index contributed by atoms with van der Waals surface area (Å²) < 4.78 is 56.0. The normalized spacial score (nSPS) is 17.3. The van der Waals surface area contributed by atoms with Gasteiger partial charge in [-0.05, 0) is 56.4 Å². The molecule has 2 aromatic heterocycles. The molecule has 5 heterocycles. The Hall–Kier alpha value is -12.3. The largest absolute Gasteiger partial charge is 0.480 e. The summed E-state index contributed by atoms with van der Waals surface area (Å²) in [5.74, 6) is -12.2.